The zero-order chi connectivity index (χ0) is 46.6. The van der Waals surface area contributed by atoms with Crippen molar-refractivity contribution in [2.24, 2.45) is 17.3 Å². The normalized spacial score (nSPS) is 23.5. The predicted molar refractivity (Wildman–Crippen MR) is 257 cm³/mol. The van der Waals surface area contributed by atoms with Gasteiger partial charge in [0.15, 0.2) is 0 Å². The van der Waals surface area contributed by atoms with Crippen molar-refractivity contribution >= 4 is 40.1 Å². The van der Waals surface area contributed by atoms with Gasteiger partial charge in [-0.15, -0.1) is 21.5 Å². The van der Waals surface area contributed by atoms with Crippen molar-refractivity contribution in [2.45, 2.75) is 102 Å². The number of aliphatic hydroxyl groups is 1. The minimum absolute atomic E-state index is 0.0513. The molecule has 15 nitrogen and oxygen atoms in total. The third-order valence-corrected chi connectivity index (χ3v) is 16.7. The molecule has 7 heterocycles. The summed E-state index contributed by atoms with van der Waals surface area (Å²) in [5.41, 5.74) is 11.2. The maximum absolute atomic E-state index is 14.4. The monoisotopic (exact) mass is 930 g/mol. The largest absolute Gasteiger partial charge is 0.507 e. The molecular formula is C52H54N10O5S. The van der Waals surface area contributed by atoms with E-state index in [2.05, 4.69) is 47.3 Å². The Hall–Kier alpha value is -6.52. The second-order valence-corrected chi connectivity index (χ2v) is 21.6. The number of hydrogen-bond acceptors (Lipinski definition) is 13. The molecule has 68 heavy (non-hydrogen) atoms. The van der Waals surface area contributed by atoms with Gasteiger partial charge in [-0.25, -0.2) is 15.0 Å². The number of rotatable bonds is 12. The number of amides is 2. The van der Waals surface area contributed by atoms with Crippen LogP contribution in [-0.4, -0.2) is 93.6 Å². The van der Waals surface area contributed by atoms with Crippen LogP contribution in [0.15, 0.2) is 89.2 Å². The van der Waals surface area contributed by atoms with Gasteiger partial charge in [0.05, 0.1) is 39.4 Å². The third-order valence-electron chi connectivity index (χ3n) is 15.7. The molecule has 2 saturated heterocycles. The van der Waals surface area contributed by atoms with E-state index in [1.54, 1.807) is 35.9 Å². The molecule has 3 N–H and O–H groups in total. The number of aliphatic hydroxyl groups excluding tert-OH is 1. The summed E-state index contributed by atoms with van der Waals surface area (Å²) in [4.78, 5) is 46.9. The summed E-state index contributed by atoms with van der Waals surface area (Å²) in [5, 5.41) is 38.0. The lowest BCUT2D eigenvalue weighted by Gasteiger charge is -2.64. The Balaban J connectivity index is 0.689. The lowest BCUT2D eigenvalue weighted by Crippen LogP contribution is -2.63. The average molecular weight is 931 g/mol. The number of benzene rings is 2. The van der Waals surface area contributed by atoms with E-state index in [0.717, 1.165) is 64.6 Å². The highest BCUT2D eigenvalue weighted by Gasteiger charge is 2.61. The van der Waals surface area contributed by atoms with Crippen molar-refractivity contribution in [2.75, 3.05) is 24.5 Å². The number of carbonyl (C=O) groups excluding carboxylic acids is 2. The summed E-state index contributed by atoms with van der Waals surface area (Å²) >= 11 is 1.59. The lowest BCUT2D eigenvalue weighted by molar-refractivity contribution is -0.141. The molecule has 7 aromatic rings. The molecular weight excluding hydrogens is 877 g/mol. The maximum Gasteiger partial charge on any atom is 0.243 e. The number of hydrogen-bond donors (Lipinski definition) is 3. The first kappa shape index (κ1) is 42.8. The number of phenolic OH excluding ortho intramolecular Hbond substituents is 1. The fourth-order valence-corrected chi connectivity index (χ4v) is 12.8. The zero-order valence-corrected chi connectivity index (χ0v) is 39.4. The summed E-state index contributed by atoms with van der Waals surface area (Å²) < 4.78 is 8.46. The van der Waals surface area contributed by atoms with Gasteiger partial charge in [0.2, 0.25) is 17.8 Å². The van der Waals surface area contributed by atoms with Gasteiger partial charge in [0.25, 0.3) is 0 Å². The number of phenols is 1. The number of aromatic hydroxyl groups is 1. The first-order chi connectivity index (χ1) is 32.8. The van der Waals surface area contributed by atoms with Crippen LogP contribution in [0.3, 0.4) is 0 Å². The molecule has 0 radical (unpaired) electrons. The van der Waals surface area contributed by atoms with Crippen molar-refractivity contribution in [3.8, 4) is 38.7 Å². The minimum Gasteiger partial charge on any atom is -0.507 e. The van der Waals surface area contributed by atoms with Crippen LogP contribution >= 0.6 is 11.3 Å². The smallest absolute Gasteiger partial charge is 0.243 e. The number of thiazole rings is 1. The number of likely N-dealkylation sites (tertiary alicyclic amines) is 1. The fraction of sp³-hybridized carbons (Fsp3) is 0.423. The van der Waals surface area contributed by atoms with Crippen LogP contribution in [0.4, 0.5) is 5.95 Å². The summed E-state index contributed by atoms with van der Waals surface area (Å²) in [6, 6.07) is 20.4. The Labute approximate surface area is 397 Å². The number of fused-ring (bicyclic) bond motifs is 1. The molecule has 4 saturated carbocycles. The van der Waals surface area contributed by atoms with Gasteiger partial charge < -0.3 is 34.4 Å². The van der Waals surface area contributed by atoms with Gasteiger partial charge in [0.1, 0.15) is 34.7 Å². The minimum atomic E-state index is -0.834. The van der Waals surface area contributed by atoms with E-state index in [1.165, 1.54) is 29.9 Å². The van der Waals surface area contributed by atoms with Crippen molar-refractivity contribution in [3.63, 3.8) is 0 Å². The molecule has 1 spiro atoms. The Kier molecular flexibility index (Phi) is 10.1. The first-order valence-corrected chi connectivity index (χ1v) is 24.7. The average Bonchev–Trinajstić information content (AvgIpc) is 4.09. The van der Waals surface area contributed by atoms with Gasteiger partial charge in [-0.3, -0.25) is 9.59 Å². The second-order valence-electron chi connectivity index (χ2n) is 20.7. The van der Waals surface area contributed by atoms with Crippen LogP contribution in [0.5, 0.6) is 5.75 Å². The van der Waals surface area contributed by atoms with Crippen LogP contribution in [0.1, 0.15) is 99.9 Å². The molecule has 16 heteroatoms. The topological polar surface area (TPSA) is 189 Å². The highest BCUT2D eigenvalue weighted by Crippen LogP contribution is 2.65. The molecule has 0 unspecified atom stereocenters. The van der Waals surface area contributed by atoms with Crippen molar-refractivity contribution in [3.05, 3.63) is 107 Å². The summed E-state index contributed by atoms with van der Waals surface area (Å²) in [5.74, 6) is 1.02. The molecule has 6 aliphatic rings. The third kappa shape index (κ3) is 7.08. The summed E-state index contributed by atoms with van der Waals surface area (Å²) in [7, 11) is 0. The van der Waals surface area contributed by atoms with Gasteiger partial charge in [-0.2, -0.15) is 0 Å². The van der Waals surface area contributed by atoms with E-state index in [4.69, 9.17) is 14.5 Å². The molecule has 2 amide bonds. The van der Waals surface area contributed by atoms with E-state index in [1.807, 2.05) is 75.7 Å². The van der Waals surface area contributed by atoms with Crippen molar-refractivity contribution in [1.82, 2.24) is 45.1 Å². The standard InChI is InChI=1S/C52H54N10O5S/c1-28(2)46(49(66)61-24-36(63)13-43(61)48(65)56-29(3)32-9-11-33(12-10-32)47-30(4)55-27-68-47)45-16-38(59-67-45)35-22-53-50(54-23-35)60-25-51(26-60)20-34(21-51)41-15-40-42(62(41)52-17-31(18-52)19-52)14-39(57-58-40)37-7-5-6-8-44(37)64/h5-12,14-16,22-23,27-29,31,34,36,43,46,63-64H,13,17-21,24-26H2,1-4H3,(H,56,65)/t29-,31?,36+,43-,46+,52?/m0/s1. The Morgan fingerprint density at radius 2 is 1.65 bits per heavy atom. The fourth-order valence-electron chi connectivity index (χ4n) is 12.0. The van der Waals surface area contributed by atoms with Crippen molar-refractivity contribution in [1.29, 1.82) is 0 Å². The Morgan fingerprint density at radius 1 is 0.897 bits per heavy atom. The number of carbonyl (C=O) groups is 2. The zero-order valence-electron chi connectivity index (χ0n) is 38.5. The number of anilines is 1. The first-order valence-electron chi connectivity index (χ1n) is 23.9. The Morgan fingerprint density at radius 3 is 2.32 bits per heavy atom. The number of nitrogens with one attached hydrogen (secondary N) is 1. The highest BCUT2D eigenvalue weighted by molar-refractivity contribution is 7.13. The van der Waals surface area contributed by atoms with Gasteiger partial charge in [-0.1, -0.05) is 55.4 Å². The van der Waals surface area contributed by atoms with Crippen LogP contribution in [-0.2, 0) is 15.1 Å². The molecule has 2 aliphatic heterocycles. The number of para-hydroxylation sites is 1. The van der Waals surface area contributed by atoms with E-state index in [9.17, 15) is 19.8 Å². The van der Waals surface area contributed by atoms with Crippen LogP contribution < -0.4 is 10.2 Å². The van der Waals surface area contributed by atoms with Crippen LogP contribution in [0.2, 0.25) is 0 Å². The molecule has 13 rings (SSSR count). The molecule has 6 fully saturated rings. The SMILES string of the molecule is Cc1ncsc1-c1ccc([C@H](C)NC(=O)[C@@H]2C[C@@H](O)CN2C(=O)[C@@H](c2cc(-c3cnc(N4CC5(CC(c6cc7nnc(-c8ccccc8O)cc7n6C67CC(C6)C7)C5)C4)nc3)no2)C(C)C)cc1. The number of aryl methyl sites for hydroxylation is 1. The molecule has 2 aromatic carbocycles. The van der Waals surface area contributed by atoms with Gasteiger partial charge in [-0.05, 0) is 93.2 Å². The second kappa shape index (κ2) is 16.0. The molecule has 4 aliphatic carbocycles. The van der Waals surface area contributed by atoms with E-state index >= 15 is 0 Å². The molecule has 2 bridgehead atoms. The molecule has 5 aromatic heterocycles. The van der Waals surface area contributed by atoms with Gasteiger partial charge in [0, 0.05) is 78.2 Å². The maximum atomic E-state index is 14.4. The lowest BCUT2D eigenvalue weighted by atomic mass is 9.49. The Bertz CT molecular complexity index is 3060. The predicted octanol–water partition coefficient (Wildman–Crippen LogP) is 8.15. The van der Waals surface area contributed by atoms with Gasteiger partial charge >= 0.3 is 0 Å². The van der Waals surface area contributed by atoms with Crippen LogP contribution in [0, 0.1) is 24.2 Å². The van der Waals surface area contributed by atoms with E-state index in [0.29, 0.717) is 40.1 Å². The highest BCUT2D eigenvalue weighted by atomic mass is 32.1. The molecule has 4 atom stereocenters. The quantitative estimate of drug-likeness (QED) is 0.107. The number of nitrogens with zero attached hydrogens (tertiary/aromatic N) is 9. The van der Waals surface area contributed by atoms with E-state index in [-0.39, 0.29) is 53.4 Å². The van der Waals surface area contributed by atoms with Crippen LogP contribution in [0.25, 0.3) is 44.0 Å². The summed E-state index contributed by atoms with van der Waals surface area (Å²) in [6.07, 6.45) is 8.68. The number of aromatic nitrogens is 7. The number of β-amino-alcohol motifs (C(OH)–C–C–N with tert-alkyl or cyclic N) is 1. The molecule has 348 valence electrons. The summed E-state index contributed by atoms with van der Waals surface area (Å²) in [6.45, 7) is 9.62. The van der Waals surface area contributed by atoms with Crippen molar-refractivity contribution < 1.29 is 24.3 Å². The van der Waals surface area contributed by atoms with E-state index < -0.39 is 18.1 Å².